The zero-order valence-electron chi connectivity index (χ0n) is 19.8. The number of anilines is 2. The van der Waals surface area contributed by atoms with Gasteiger partial charge in [-0.1, -0.05) is 31.9 Å². The fraction of sp³-hybridized carbons (Fsp3) is 0.440. The Morgan fingerprint density at radius 3 is 2.50 bits per heavy atom. The first-order chi connectivity index (χ1) is 16.3. The number of amides is 1. The summed E-state index contributed by atoms with van der Waals surface area (Å²) < 4.78 is 33.1. The molecular formula is C25H32N4O4S. The number of aliphatic imine (C=N–C) groups is 1. The lowest BCUT2D eigenvalue weighted by atomic mass is 10.1. The second-order valence-corrected chi connectivity index (χ2v) is 10.6. The molecule has 0 saturated carbocycles. The molecule has 2 N–H and O–H groups in total. The maximum Gasteiger partial charge on any atom is 0.263 e. The third kappa shape index (κ3) is 5.42. The van der Waals surface area contributed by atoms with Crippen molar-refractivity contribution in [3.63, 3.8) is 0 Å². The highest BCUT2D eigenvalue weighted by Gasteiger charge is 2.32. The maximum atomic E-state index is 13.1. The number of hydrogen-bond donors (Lipinski definition) is 2. The summed E-state index contributed by atoms with van der Waals surface area (Å²) in [4.78, 5) is 20.1. The predicted octanol–water partition coefficient (Wildman–Crippen LogP) is 3.54. The molecule has 3 atom stereocenters. The van der Waals surface area contributed by atoms with E-state index < -0.39 is 16.1 Å². The van der Waals surface area contributed by atoms with Crippen LogP contribution in [0.1, 0.15) is 45.6 Å². The minimum Gasteiger partial charge on any atom is -0.372 e. The quantitative estimate of drug-likeness (QED) is 0.626. The van der Waals surface area contributed by atoms with Crippen LogP contribution in [0.15, 0.2) is 58.4 Å². The molecule has 9 heteroatoms. The van der Waals surface area contributed by atoms with Crippen LogP contribution < -0.4 is 14.9 Å². The number of rotatable bonds is 7. The van der Waals surface area contributed by atoms with Gasteiger partial charge in [0, 0.05) is 30.0 Å². The fourth-order valence-corrected chi connectivity index (χ4v) is 5.65. The van der Waals surface area contributed by atoms with Crippen molar-refractivity contribution in [3.8, 4) is 0 Å². The molecule has 0 bridgehead atoms. The number of nitrogens with zero attached hydrogens (tertiary/aromatic N) is 2. The molecule has 0 spiro atoms. The van der Waals surface area contributed by atoms with Gasteiger partial charge in [-0.2, -0.15) is 0 Å². The third-order valence-electron chi connectivity index (χ3n) is 6.00. The van der Waals surface area contributed by atoms with E-state index in [1.54, 1.807) is 24.3 Å². The molecule has 0 aliphatic carbocycles. The van der Waals surface area contributed by atoms with Gasteiger partial charge in [-0.25, -0.2) is 8.42 Å². The summed E-state index contributed by atoms with van der Waals surface area (Å²) in [5, 5.41) is 2.95. The van der Waals surface area contributed by atoms with Crippen LogP contribution >= 0.6 is 0 Å². The van der Waals surface area contributed by atoms with E-state index in [1.165, 1.54) is 0 Å². The first-order valence-electron chi connectivity index (χ1n) is 11.8. The van der Waals surface area contributed by atoms with Crippen molar-refractivity contribution in [1.29, 1.82) is 0 Å². The molecule has 8 nitrogen and oxygen atoms in total. The minimum absolute atomic E-state index is 0.166. The number of nitrogens with one attached hydrogen (secondary N) is 2. The zero-order valence-corrected chi connectivity index (χ0v) is 20.6. The molecule has 2 aromatic rings. The van der Waals surface area contributed by atoms with E-state index in [0.717, 1.165) is 31.6 Å². The van der Waals surface area contributed by atoms with Gasteiger partial charge in [-0.3, -0.25) is 14.5 Å². The van der Waals surface area contributed by atoms with Gasteiger partial charge in [0.05, 0.1) is 17.1 Å². The van der Waals surface area contributed by atoms with Crippen molar-refractivity contribution in [2.45, 2.75) is 63.2 Å². The number of amidine groups is 1. The highest BCUT2D eigenvalue weighted by atomic mass is 32.2. The van der Waals surface area contributed by atoms with Crippen LogP contribution in [0.2, 0.25) is 0 Å². The number of ether oxygens (including phenoxy) is 1. The van der Waals surface area contributed by atoms with Crippen molar-refractivity contribution in [3.05, 3.63) is 54.1 Å². The van der Waals surface area contributed by atoms with Crippen LogP contribution in [0.3, 0.4) is 0 Å². The molecule has 182 valence electrons. The average Bonchev–Trinajstić information content (AvgIpc) is 3.06. The van der Waals surface area contributed by atoms with E-state index >= 15 is 0 Å². The number of fused-ring (bicyclic) bond motifs is 1. The molecule has 34 heavy (non-hydrogen) atoms. The van der Waals surface area contributed by atoms with Crippen molar-refractivity contribution >= 4 is 33.1 Å². The lowest BCUT2D eigenvalue weighted by Gasteiger charge is -2.36. The molecule has 1 fully saturated rings. The number of unbranched alkanes of at least 4 members (excludes halogenated alkanes) is 1. The molecule has 2 aliphatic heterocycles. The monoisotopic (exact) mass is 484 g/mol. The number of carbonyl (C=O) groups excluding carboxylic acids is 1. The Balaban J connectivity index is 1.50. The van der Waals surface area contributed by atoms with Crippen molar-refractivity contribution in [1.82, 2.24) is 4.72 Å². The van der Waals surface area contributed by atoms with Gasteiger partial charge >= 0.3 is 0 Å². The molecule has 4 rings (SSSR count). The number of hydrogen-bond acceptors (Lipinski definition) is 6. The molecule has 2 aliphatic rings. The highest BCUT2D eigenvalue weighted by Crippen LogP contribution is 2.25. The number of benzene rings is 2. The standard InChI is InChI=1S/C25H32N4O4S/c1-4-5-9-22(27-24-21-8-6-7-10-23(21)34(31,32)28-24)25(30)26-19-11-13-20(14-12-19)29-15-17(2)33-18(3)16-29/h6-8,10-14,17-18,22H,4-5,9,15-16H2,1-3H3,(H,26,30)(H,27,28). The van der Waals surface area contributed by atoms with Crippen molar-refractivity contribution < 1.29 is 17.9 Å². The molecular weight excluding hydrogens is 452 g/mol. The van der Waals surface area contributed by atoms with Gasteiger partial charge in [0.15, 0.2) is 0 Å². The van der Waals surface area contributed by atoms with E-state index in [-0.39, 0.29) is 28.8 Å². The van der Waals surface area contributed by atoms with Gasteiger partial charge in [0.25, 0.3) is 10.0 Å². The highest BCUT2D eigenvalue weighted by molar-refractivity contribution is 7.90. The van der Waals surface area contributed by atoms with Crippen LogP contribution in [-0.4, -0.2) is 51.5 Å². The van der Waals surface area contributed by atoms with Crippen LogP contribution in [0.25, 0.3) is 0 Å². The van der Waals surface area contributed by atoms with Crippen molar-refractivity contribution in [2.75, 3.05) is 23.3 Å². The van der Waals surface area contributed by atoms with Gasteiger partial charge in [-0.15, -0.1) is 0 Å². The fourth-order valence-electron chi connectivity index (χ4n) is 4.41. The predicted molar refractivity (Wildman–Crippen MR) is 134 cm³/mol. The second kappa shape index (κ2) is 10.1. The molecule has 0 aromatic heterocycles. The topological polar surface area (TPSA) is 100 Å². The Bertz CT molecular complexity index is 1150. The smallest absolute Gasteiger partial charge is 0.263 e. The van der Waals surface area contributed by atoms with E-state index in [4.69, 9.17) is 4.74 Å². The van der Waals surface area contributed by atoms with E-state index in [0.29, 0.717) is 17.7 Å². The Hall–Kier alpha value is -2.91. The molecule has 2 aromatic carbocycles. The van der Waals surface area contributed by atoms with Crippen LogP contribution in [-0.2, 0) is 19.6 Å². The molecule has 3 unspecified atom stereocenters. The summed E-state index contributed by atoms with van der Waals surface area (Å²) in [6.45, 7) is 7.83. The first-order valence-corrected chi connectivity index (χ1v) is 13.3. The summed E-state index contributed by atoms with van der Waals surface area (Å²) in [7, 11) is -3.66. The Labute approximate surface area is 201 Å². The number of morpholine rings is 1. The third-order valence-corrected chi connectivity index (χ3v) is 7.40. The van der Waals surface area contributed by atoms with E-state index in [9.17, 15) is 13.2 Å². The van der Waals surface area contributed by atoms with E-state index in [1.807, 2.05) is 31.2 Å². The summed E-state index contributed by atoms with van der Waals surface area (Å²) in [6, 6.07) is 13.7. The first kappa shape index (κ1) is 24.2. The molecule has 2 heterocycles. The van der Waals surface area contributed by atoms with Gasteiger partial charge in [-0.05, 0) is 56.7 Å². The summed E-state index contributed by atoms with van der Waals surface area (Å²) in [5.41, 5.74) is 2.26. The van der Waals surface area contributed by atoms with Gasteiger partial charge in [0.2, 0.25) is 5.91 Å². The molecule has 0 radical (unpaired) electrons. The number of sulfonamides is 1. The largest absolute Gasteiger partial charge is 0.372 e. The van der Waals surface area contributed by atoms with E-state index in [2.05, 4.69) is 33.8 Å². The summed E-state index contributed by atoms with van der Waals surface area (Å²) >= 11 is 0. The lowest BCUT2D eigenvalue weighted by Crippen LogP contribution is -2.45. The van der Waals surface area contributed by atoms with Crippen LogP contribution in [0, 0.1) is 0 Å². The Morgan fingerprint density at radius 1 is 1.15 bits per heavy atom. The minimum atomic E-state index is -3.66. The SMILES string of the molecule is CCCCC(N=C1NS(=O)(=O)c2ccccc21)C(=O)Nc1ccc(N2CC(C)OC(C)C2)cc1. The van der Waals surface area contributed by atoms with Gasteiger partial charge in [0.1, 0.15) is 11.9 Å². The maximum absolute atomic E-state index is 13.1. The summed E-state index contributed by atoms with van der Waals surface area (Å²) in [6.07, 6.45) is 2.56. The Morgan fingerprint density at radius 2 is 1.82 bits per heavy atom. The van der Waals surface area contributed by atoms with Crippen LogP contribution in [0.4, 0.5) is 11.4 Å². The average molecular weight is 485 g/mol. The molecule has 1 amide bonds. The summed E-state index contributed by atoms with van der Waals surface area (Å²) in [5.74, 6) is -0.0383. The zero-order chi connectivity index (χ0) is 24.3. The second-order valence-electron chi connectivity index (χ2n) is 8.94. The van der Waals surface area contributed by atoms with Crippen molar-refractivity contribution in [2.24, 2.45) is 4.99 Å². The molecule has 1 saturated heterocycles. The van der Waals surface area contributed by atoms with Gasteiger partial charge < -0.3 is 15.0 Å². The number of carbonyl (C=O) groups is 1. The normalized spacial score (nSPS) is 23.3. The van der Waals surface area contributed by atoms with Crippen LogP contribution in [0.5, 0.6) is 0 Å². The Kier molecular flexibility index (Phi) is 7.23. The lowest BCUT2D eigenvalue weighted by molar-refractivity contribution is -0.117.